The molecule has 35 heavy (non-hydrogen) atoms. The third-order valence-corrected chi connectivity index (χ3v) is 5.04. The SMILES string of the molecule is O=C(CN(CCCc1ccc([N+](=O)[O-])cc1)c1ccc(OC(F)(F)F)cc1)OCc1ccccc1. The van der Waals surface area contributed by atoms with Crippen molar-refractivity contribution in [3.05, 3.63) is 100 Å². The van der Waals surface area contributed by atoms with E-state index in [1.165, 1.54) is 36.4 Å². The highest BCUT2D eigenvalue weighted by Gasteiger charge is 2.31. The van der Waals surface area contributed by atoms with Crippen LogP contribution in [0, 0.1) is 10.1 Å². The first-order chi connectivity index (χ1) is 16.7. The van der Waals surface area contributed by atoms with Crippen LogP contribution in [0.15, 0.2) is 78.9 Å². The van der Waals surface area contributed by atoms with Gasteiger partial charge in [-0.15, -0.1) is 13.2 Å². The Morgan fingerprint density at radius 2 is 1.57 bits per heavy atom. The van der Waals surface area contributed by atoms with Crippen molar-refractivity contribution in [2.75, 3.05) is 18.0 Å². The average molecular weight is 488 g/mol. The number of anilines is 1. The first-order valence-corrected chi connectivity index (χ1v) is 10.7. The van der Waals surface area contributed by atoms with E-state index in [1.54, 1.807) is 17.0 Å². The van der Waals surface area contributed by atoms with Crippen LogP contribution in [0.5, 0.6) is 5.75 Å². The van der Waals surface area contributed by atoms with Gasteiger partial charge in [0.2, 0.25) is 0 Å². The zero-order chi connectivity index (χ0) is 25.3. The number of hydrogen-bond donors (Lipinski definition) is 0. The molecule has 0 bridgehead atoms. The molecule has 0 radical (unpaired) electrons. The quantitative estimate of drug-likeness (QED) is 0.196. The number of alkyl halides is 3. The molecule has 0 spiro atoms. The maximum Gasteiger partial charge on any atom is 0.573 e. The molecule has 10 heteroatoms. The molecule has 7 nitrogen and oxygen atoms in total. The predicted molar refractivity (Wildman–Crippen MR) is 123 cm³/mol. The Balaban J connectivity index is 1.64. The number of esters is 1. The minimum absolute atomic E-state index is 0.00213. The zero-order valence-electron chi connectivity index (χ0n) is 18.6. The molecular formula is C25H23F3N2O5. The second kappa shape index (κ2) is 11.9. The third kappa shape index (κ3) is 8.65. The number of nitro groups is 1. The largest absolute Gasteiger partial charge is 0.573 e. The minimum Gasteiger partial charge on any atom is -0.459 e. The highest BCUT2D eigenvalue weighted by atomic mass is 19.4. The van der Waals surface area contributed by atoms with E-state index in [-0.39, 0.29) is 24.6 Å². The third-order valence-electron chi connectivity index (χ3n) is 5.04. The summed E-state index contributed by atoms with van der Waals surface area (Å²) in [6, 6.07) is 20.6. The maximum atomic E-state index is 12.5. The molecule has 3 aromatic carbocycles. The summed E-state index contributed by atoms with van der Waals surface area (Å²) in [5.41, 5.74) is 2.24. The van der Waals surface area contributed by atoms with E-state index in [1.807, 2.05) is 30.3 Å². The zero-order valence-corrected chi connectivity index (χ0v) is 18.6. The van der Waals surface area contributed by atoms with Crippen LogP contribution in [-0.2, 0) is 22.6 Å². The van der Waals surface area contributed by atoms with Crippen molar-refractivity contribution in [3.63, 3.8) is 0 Å². The monoisotopic (exact) mass is 488 g/mol. The van der Waals surface area contributed by atoms with Crippen molar-refractivity contribution in [1.82, 2.24) is 0 Å². The Bertz CT molecular complexity index is 1100. The lowest BCUT2D eigenvalue weighted by Crippen LogP contribution is -2.32. The van der Waals surface area contributed by atoms with Crippen molar-refractivity contribution in [1.29, 1.82) is 0 Å². The standard InChI is InChI=1S/C25H23F3N2O5/c26-25(27,28)35-23-14-12-21(13-15-23)29(17-24(31)34-18-20-5-2-1-3-6-20)16-4-7-19-8-10-22(11-9-19)30(32)33/h1-3,5-6,8-15H,4,7,16-18H2. The molecule has 0 N–H and O–H groups in total. The number of nitrogens with zero attached hydrogens (tertiary/aromatic N) is 2. The Kier molecular flexibility index (Phi) is 8.66. The molecule has 0 aliphatic carbocycles. The molecule has 0 unspecified atom stereocenters. The van der Waals surface area contributed by atoms with Crippen molar-refractivity contribution in [3.8, 4) is 5.75 Å². The summed E-state index contributed by atoms with van der Waals surface area (Å²) in [5.74, 6) is -0.849. The second-order valence-electron chi connectivity index (χ2n) is 7.64. The number of carbonyl (C=O) groups excluding carboxylic acids is 1. The number of rotatable bonds is 11. The van der Waals surface area contributed by atoms with E-state index in [0.717, 1.165) is 11.1 Å². The van der Waals surface area contributed by atoms with E-state index in [0.29, 0.717) is 25.1 Å². The van der Waals surface area contributed by atoms with Crippen LogP contribution in [0.1, 0.15) is 17.5 Å². The topological polar surface area (TPSA) is 81.9 Å². The van der Waals surface area contributed by atoms with Gasteiger partial charge in [0.05, 0.1) is 4.92 Å². The Morgan fingerprint density at radius 3 is 2.17 bits per heavy atom. The molecule has 3 rings (SSSR count). The highest BCUT2D eigenvalue weighted by molar-refractivity contribution is 5.76. The molecule has 0 amide bonds. The number of hydrogen-bond acceptors (Lipinski definition) is 6. The van der Waals surface area contributed by atoms with Crippen molar-refractivity contribution in [2.45, 2.75) is 25.8 Å². The average Bonchev–Trinajstić information content (AvgIpc) is 2.82. The normalized spacial score (nSPS) is 11.1. The van der Waals surface area contributed by atoms with E-state index >= 15 is 0 Å². The Morgan fingerprint density at radius 1 is 0.914 bits per heavy atom. The fourth-order valence-corrected chi connectivity index (χ4v) is 3.36. The molecule has 0 atom stereocenters. The van der Waals surface area contributed by atoms with Crippen molar-refractivity contribution >= 4 is 17.3 Å². The molecule has 0 fully saturated rings. The summed E-state index contributed by atoms with van der Waals surface area (Å²) in [7, 11) is 0. The summed E-state index contributed by atoms with van der Waals surface area (Å²) in [6.45, 7) is 0.401. The van der Waals surface area contributed by atoms with Crippen molar-refractivity contribution < 1.29 is 32.4 Å². The van der Waals surface area contributed by atoms with Gasteiger partial charge >= 0.3 is 12.3 Å². The first kappa shape index (κ1) is 25.5. The lowest BCUT2D eigenvalue weighted by molar-refractivity contribution is -0.384. The fraction of sp³-hybridized carbons (Fsp3) is 0.240. The number of halogens is 3. The van der Waals surface area contributed by atoms with Gasteiger partial charge in [-0.05, 0) is 48.2 Å². The molecule has 0 aliphatic rings. The lowest BCUT2D eigenvalue weighted by Gasteiger charge is -2.24. The van der Waals surface area contributed by atoms with E-state index in [4.69, 9.17) is 4.74 Å². The van der Waals surface area contributed by atoms with Gasteiger partial charge in [0.15, 0.2) is 0 Å². The van der Waals surface area contributed by atoms with Crippen LogP contribution in [0.25, 0.3) is 0 Å². The maximum absolute atomic E-state index is 12.5. The minimum atomic E-state index is -4.80. The number of aryl methyl sites for hydroxylation is 1. The van der Waals surface area contributed by atoms with Gasteiger partial charge in [-0.3, -0.25) is 14.9 Å². The number of non-ortho nitro benzene ring substituents is 1. The van der Waals surface area contributed by atoms with Crippen LogP contribution in [0.3, 0.4) is 0 Å². The number of carbonyl (C=O) groups is 1. The molecule has 0 aromatic heterocycles. The van der Waals surface area contributed by atoms with Gasteiger partial charge < -0.3 is 14.4 Å². The number of ether oxygens (including phenoxy) is 2. The molecule has 0 saturated carbocycles. The van der Waals surface area contributed by atoms with Gasteiger partial charge in [0, 0.05) is 24.4 Å². The predicted octanol–water partition coefficient (Wildman–Crippen LogP) is 5.68. The molecule has 3 aromatic rings. The molecule has 184 valence electrons. The Labute approximate surface area is 199 Å². The molecule has 0 heterocycles. The lowest BCUT2D eigenvalue weighted by atomic mass is 10.1. The highest BCUT2D eigenvalue weighted by Crippen LogP contribution is 2.26. The molecule has 0 saturated heterocycles. The number of benzene rings is 3. The number of nitro benzene ring substituents is 1. The molecule has 0 aliphatic heterocycles. The van der Waals surface area contributed by atoms with E-state index in [2.05, 4.69) is 4.74 Å². The molecular weight excluding hydrogens is 465 g/mol. The Hall–Kier alpha value is -4.08. The van der Waals surface area contributed by atoms with Crippen LogP contribution >= 0.6 is 0 Å². The van der Waals surface area contributed by atoms with Crippen LogP contribution in [0.4, 0.5) is 24.5 Å². The van der Waals surface area contributed by atoms with E-state index in [9.17, 15) is 28.1 Å². The van der Waals surface area contributed by atoms with E-state index < -0.39 is 17.3 Å². The van der Waals surface area contributed by atoms with Gasteiger partial charge in [-0.1, -0.05) is 42.5 Å². The fourth-order valence-electron chi connectivity index (χ4n) is 3.36. The van der Waals surface area contributed by atoms with Gasteiger partial charge in [-0.2, -0.15) is 0 Å². The second-order valence-corrected chi connectivity index (χ2v) is 7.64. The van der Waals surface area contributed by atoms with Gasteiger partial charge in [0.1, 0.15) is 18.9 Å². The van der Waals surface area contributed by atoms with Crippen LogP contribution < -0.4 is 9.64 Å². The summed E-state index contributed by atoms with van der Waals surface area (Å²) in [5, 5.41) is 10.8. The van der Waals surface area contributed by atoms with Crippen LogP contribution in [0.2, 0.25) is 0 Å². The van der Waals surface area contributed by atoms with Gasteiger partial charge in [0.25, 0.3) is 5.69 Å². The van der Waals surface area contributed by atoms with Crippen molar-refractivity contribution in [2.24, 2.45) is 0 Å². The summed E-state index contributed by atoms with van der Waals surface area (Å²) in [6.07, 6.45) is -3.62. The summed E-state index contributed by atoms with van der Waals surface area (Å²) >= 11 is 0. The summed E-state index contributed by atoms with van der Waals surface area (Å²) < 4.78 is 46.7. The van der Waals surface area contributed by atoms with Crippen LogP contribution in [-0.4, -0.2) is 30.3 Å². The van der Waals surface area contributed by atoms with Gasteiger partial charge in [-0.25, -0.2) is 0 Å². The smallest absolute Gasteiger partial charge is 0.459 e. The summed E-state index contributed by atoms with van der Waals surface area (Å²) in [4.78, 5) is 24.5. The first-order valence-electron chi connectivity index (χ1n) is 10.7.